The Morgan fingerprint density at radius 2 is 1.74 bits per heavy atom. The smallest absolute Gasteiger partial charge is 0.338 e. The van der Waals surface area contributed by atoms with Crippen LogP contribution < -0.4 is 10.6 Å². The third-order valence-electron chi connectivity index (χ3n) is 3.49. The highest BCUT2D eigenvalue weighted by atomic mass is 16.6. The Labute approximate surface area is 154 Å². The van der Waals surface area contributed by atoms with Crippen molar-refractivity contribution >= 4 is 34.8 Å². The SMILES string of the molecule is CC(=O)Nc1ccc(C(=O)OCC(=O)Nc2c(C)cccc2[N+](=O)[O-])cc1. The molecular formula is C18H17N3O6. The van der Waals surface area contributed by atoms with Crippen LogP contribution >= 0.6 is 0 Å². The normalized spacial score (nSPS) is 10.0. The topological polar surface area (TPSA) is 128 Å². The Morgan fingerprint density at radius 1 is 1.07 bits per heavy atom. The van der Waals surface area contributed by atoms with Crippen LogP contribution in [0.25, 0.3) is 0 Å². The summed E-state index contributed by atoms with van der Waals surface area (Å²) in [6.07, 6.45) is 0. The zero-order chi connectivity index (χ0) is 20.0. The molecule has 9 nitrogen and oxygen atoms in total. The largest absolute Gasteiger partial charge is 0.452 e. The molecule has 0 aromatic heterocycles. The number of nitro benzene ring substituents is 1. The quantitative estimate of drug-likeness (QED) is 0.456. The maximum absolute atomic E-state index is 12.0. The van der Waals surface area contributed by atoms with Crippen LogP contribution in [-0.2, 0) is 14.3 Å². The lowest BCUT2D eigenvalue weighted by Gasteiger charge is -2.09. The Hall–Kier alpha value is -3.75. The van der Waals surface area contributed by atoms with Gasteiger partial charge in [-0.15, -0.1) is 0 Å². The van der Waals surface area contributed by atoms with Crippen molar-refractivity contribution in [2.45, 2.75) is 13.8 Å². The summed E-state index contributed by atoms with van der Waals surface area (Å²) in [6.45, 7) is 2.38. The molecule has 2 rings (SSSR count). The molecule has 140 valence electrons. The van der Waals surface area contributed by atoms with Crippen LogP contribution in [0.5, 0.6) is 0 Å². The standard InChI is InChI=1S/C18H17N3O6/c1-11-4-3-5-15(21(25)26)17(11)20-16(23)10-27-18(24)13-6-8-14(9-7-13)19-12(2)22/h3-9H,10H2,1-2H3,(H,19,22)(H,20,23). The van der Waals surface area contributed by atoms with Crippen LogP contribution in [-0.4, -0.2) is 29.3 Å². The number of nitrogens with one attached hydrogen (secondary N) is 2. The van der Waals surface area contributed by atoms with E-state index in [1.54, 1.807) is 13.0 Å². The van der Waals surface area contributed by atoms with Crippen LogP contribution in [0.2, 0.25) is 0 Å². The van der Waals surface area contributed by atoms with Crippen LogP contribution in [0.15, 0.2) is 42.5 Å². The molecule has 27 heavy (non-hydrogen) atoms. The maximum atomic E-state index is 12.0. The van der Waals surface area contributed by atoms with Crippen molar-refractivity contribution in [1.82, 2.24) is 0 Å². The molecule has 0 bridgehead atoms. The molecule has 2 amide bonds. The predicted octanol–water partition coefficient (Wildman–Crippen LogP) is 2.66. The average molecular weight is 371 g/mol. The number of benzene rings is 2. The number of para-hydroxylation sites is 1. The third kappa shape index (κ3) is 5.36. The van der Waals surface area contributed by atoms with Gasteiger partial charge in [-0.3, -0.25) is 19.7 Å². The van der Waals surface area contributed by atoms with Crippen LogP contribution in [0, 0.1) is 17.0 Å². The van der Waals surface area contributed by atoms with E-state index in [-0.39, 0.29) is 22.8 Å². The zero-order valence-electron chi connectivity index (χ0n) is 14.6. The van der Waals surface area contributed by atoms with E-state index in [1.807, 2.05) is 0 Å². The Balaban J connectivity index is 1.97. The van der Waals surface area contributed by atoms with E-state index in [0.717, 1.165) is 0 Å². The van der Waals surface area contributed by atoms with Gasteiger partial charge in [-0.1, -0.05) is 12.1 Å². The second-order valence-corrected chi connectivity index (χ2v) is 5.61. The van der Waals surface area contributed by atoms with E-state index >= 15 is 0 Å². The molecule has 0 aliphatic heterocycles. The number of hydrogen-bond acceptors (Lipinski definition) is 6. The van der Waals surface area contributed by atoms with E-state index in [4.69, 9.17) is 4.74 Å². The molecule has 0 aliphatic carbocycles. The Bertz CT molecular complexity index is 892. The molecule has 0 spiro atoms. The number of amides is 2. The fourth-order valence-corrected chi connectivity index (χ4v) is 2.25. The van der Waals surface area contributed by atoms with Gasteiger partial charge in [0.25, 0.3) is 11.6 Å². The van der Waals surface area contributed by atoms with Crippen molar-refractivity contribution in [3.05, 3.63) is 63.7 Å². The van der Waals surface area contributed by atoms with Crippen LogP contribution in [0.3, 0.4) is 0 Å². The summed E-state index contributed by atoms with van der Waals surface area (Å²) >= 11 is 0. The molecule has 0 heterocycles. The lowest BCUT2D eigenvalue weighted by Crippen LogP contribution is -2.22. The third-order valence-corrected chi connectivity index (χ3v) is 3.49. The number of rotatable bonds is 6. The van der Waals surface area contributed by atoms with Gasteiger partial charge in [-0.25, -0.2) is 4.79 Å². The Morgan fingerprint density at radius 3 is 2.33 bits per heavy atom. The van der Waals surface area contributed by atoms with Gasteiger partial charge >= 0.3 is 5.97 Å². The van der Waals surface area contributed by atoms with Gasteiger partial charge in [-0.2, -0.15) is 0 Å². The number of anilines is 2. The monoisotopic (exact) mass is 371 g/mol. The number of aryl methyl sites for hydroxylation is 1. The Kier molecular flexibility index (Phi) is 6.21. The van der Waals surface area contributed by atoms with E-state index in [1.165, 1.54) is 43.3 Å². The fraction of sp³-hybridized carbons (Fsp3) is 0.167. The van der Waals surface area contributed by atoms with Gasteiger partial charge in [0.05, 0.1) is 10.5 Å². The molecule has 0 radical (unpaired) electrons. The highest BCUT2D eigenvalue weighted by Gasteiger charge is 2.18. The first-order chi connectivity index (χ1) is 12.8. The number of nitrogens with zero attached hydrogens (tertiary/aromatic N) is 1. The molecule has 9 heteroatoms. The minimum atomic E-state index is -0.737. The molecule has 0 fully saturated rings. The predicted molar refractivity (Wildman–Crippen MR) is 97.5 cm³/mol. The molecule has 0 saturated heterocycles. The number of ether oxygens (including phenoxy) is 1. The van der Waals surface area contributed by atoms with Gasteiger partial charge in [0, 0.05) is 18.7 Å². The van der Waals surface area contributed by atoms with Crippen molar-refractivity contribution < 1.29 is 24.0 Å². The highest BCUT2D eigenvalue weighted by Crippen LogP contribution is 2.27. The van der Waals surface area contributed by atoms with E-state index in [2.05, 4.69) is 10.6 Å². The summed E-state index contributed by atoms with van der Waals surface area (Å²) in [4.78, 5) is 45.4. The number of carbonyl (C=O) groups is 3. The van der Waals surface area contributed by atoms with Crippen molar-refractivity contribution in [3.8, 4) is 0 Å². The van der Waals surface area contributed by atoms with Gasteiger partial charge in [0.1, 0.15) is 5.69 Å². The lowest BCUT2D eigenvalue weighted by molar-refractivity contribution is -0.384. The average Bonchev–Trinajstić information content (AvgIpc) is 2.61. The molecule has 0 unspecified atom stereocenters. The molecule has 0 aliphatic rings. The number of carbonyl (C=O) groups excluding carboxylic acids is 3. The minimum absolute atomic E-state index is 0.0585. The van der Waals surface area contributed by atoms with Gasteiger partial charge in [-0.05, 0) is 36.8 Å². The van der Waals surface area contributed by atoms with Gasteiger partial charge in [0.2, 0.25) is 5.91 Å². The number of hydrogen-bond donors (Lipinski definition) is 2. The second kappa shape index (κ2) is 8.56. The lowest BCUT2D eigenvalue weighted by atomic mass is 10.1. The molecule has 2 N–H and O–H groups in total. The molecular weight excluding hydrogens is 354 g/mol. The second-order valence-electron chi connectivity index (χ2n) is 5.61. The summed E-state index contributed by atoms with van der Waals surface area (Å²) in [5.41, 5.74) is 1.03. The summed E-state index contributed by atoms with van der Waals surface area (Å²) in [5.74, 6) is -1.68. The van der Waals surface area contributed by atoms with E-state index in [9.17, 15) is 24.5 Å². The highest BCUT2D eigenvalue weighted by molar-refractivity contribution is 5.97. The summed E-state index contributed by atoms with van der Waals surface area (Å²) in [5, 5.41) is 16.0. The first-order valence-corrected chi connectivity index (χ1v) is 7.86. The molecule has 0 atom stereocenters. The fourth-order valence-electron chi connectivity index (χ4n) is 2.25. The van der Waals surface area contributed by atoms with Crippen LogP contribution in [0.1, 0.15) is 22.8 Å². The van der Waals surface area contributed by atoms with Crippen molar-refractivity contribution in [1.29, 1.82) is 0 Å². The van der Waals surface area contributed by atoms with Crippen molar-refractivity contribution in [2.24, 2.45) is 0 Å². The summed E-state index contributed by atoms with van der Waals surface area (Å²) < 4.78 is 4.92. The van der Waals surface area contributed by atoms with Crippen molar-refractivity contribution in [2.75, 3.05) is 17.2 Å². The molecule has 2 aromatic rings. The first kappa shape index (κ1) is 19.6. The van der Waals surface area contributed by atoms with Crippen molar-refractivity contribution in [3.63, 3.8) is 0 Å². The molecule has 0 saturated carbocycles. The number of esters is 1. The maximum Gasteiger partial charge on any atom is 0.338 e. The minimum Gasteiger partial charge on any atom is -0.452 e. The zero-order valence-corrected chi connectivity index (χ0v) is 14.6. The first-order valence-electron chi connectivity index (χ1n) is 7.86. The van der Waals surface area contributed by atoms with Crippen LogP contribution in [0.4, 0.5) is 17.1 Å². The van der Waals surface area contributed by atoms with E-state index < -0.39 is 23.4 Å². The number of nitro groups is 1. The van der Waals surface area contributed by atoms with Gasteiger partial charge in [0.15, 0.2) is 6.61 Å². The molecule has 2 aromatic carbocycles. The van der Waals surface area contributed by atoms with Gasteiger partial charge < -0.3 is 15.4 Å². The summed E-state index contributed by atoms with van der Waals surface area (Å²) in [6, 6.07) is 10.3. The summed E-state index contributed by atoms with van der Waals surface area (Å²) in [7, 11) is 0. The van der Waals surface area contributed by atoms with E-state index in [0.29, 0.717) is 11.3 Å².